The van der Waals surface area contributed by atoms with Crippen molar-refractivity contribution in [3.8, 4) is 0 Å². The van der Waals surface area contributed by atoms with Crippen molar-refractivity contribution in [2.75, 3.05) is 7.05 Å². The lowest BCUT2D eigenvalue weighted by molar-refractivity contribution is 0.0777. The van der Waals surface area contributed by atoms with Crippen LogP contribution in [0.15, 0.2) is 20.7 Å². The summed E-state index contributed by atoms with van der Waals surface area (Å²) in [5, 5.41) is 3.02. The standard InChI is InChI=1S/C19H24N2O3S/c1-11(2)17-20-14(10-25-17)9-21(4)18(22)16-12(3)8-15(24-19(16)23)13-6-5-7-13/h8,10-11,13H,5-7,9H2,1-4H3. The minimum Gasteiger partial charge on any atom is -0.427 e. The molecule has 1 amide bonds. The van der Waals surface area contributed by atoms with E-state index in [4.69, 9.17) is 4.42 Å². The van der Waals surface area contributed by atoms with Gasteiger partial charge in [0.1, 0.15) is 11.3 Å². The van der Waals surface area contributed by atoms with Crippen molar-refractivity contribution in [2.24, 2.45) is 0 Å². The van der Waals surface area contributed by atoms with Gasteiger partial charge < -0.3 is 9.32 Å². The van der Waals surface area contributed by atoms with Gasteiger partial charge in [-0.25, -0.2) is 9.78 Å². The van der Waals surface area contributed by atoms with E-state index in [-0.39, 0.29) is 11.5 Å². The predicted molar refractivity (Wildman–Crippen MR) is 98.3 cm³/mol. The van der Waals surface area contributed by atoms with E-state index in [0.29, 0.717) is 29.7 Å². The Morgan fingerprint density at radius 3 is 2.68 bits per heavy atom. The number of hydrogen-bond donors (Lipinski definition) is 0. The molecule has 0 radical (unpaired) electrons. The summed E-state index contributed by atoms with van der Waals surface area (Å²) in [4.78, 5) is 31.2. The number of aromatic nitrogens is 1. The summed E-state index contributed by atoms with van der Waals surface area (Å²) in [5.41, 5.74) is 1.14. The molecule has 2 aromatic heterocycles. The average Bonchev–Trinajstić information content (AvgIpc) is 2.93. The second-order valence-electron chi connectivity index (χ2n) is 7.12. The lowest BCUT2D eigenvalue weighted by Gasteiger charge is -2.24. The molecule has 0 aromatic carbocycles. The number of hydrogen-bond acceptors (Lipinski definition) is 5. The molecule has 1 saturated carbocycles. The van der Waals surface area contributed by atoms with E-state index in [1.807, 2.05) is 11.4 Å². The molecule has 0 atom stereocenters. The van der Waals surface area contributed by atoms with Crippen LogP contribution in [0.2, 0.25) is 0 Å². The third-order valence-electron chi connectivity index (χ3n) is 4.70. The van der Waals surface area contributed by atoms with Crippen LogP contribution >= 0.6 is 11.3 Å². The maximum Gasteiger partial charge on any atom is 0.349 e. The van der Waals surface area contributed by atoms with Crippen LogP contribution in [0, 0.1) is 6.92 Å². The normalized spacial score (nSPS) is 14.6. The monoisotopic (exact) mass is 360 g/mol. The highest BCUT2D eigenvalue weighted by Crippen LogP contribution is 2.36. The minimum atomic E-state index is -0.528. The third-order valence-corrected chi connectivity index (χ3v) is 5.89. The van der Waals surface area contributed by atoms with Crippen molar-refractivity contribution in [1.82, 2.24) is 9.88 Å². The lowest BCUT2D eigenvalue weighted by Crippen LogP contribution is -2.32. The van der Waals surface area contributed by atoms with E-state index in [0.717, 1.165) is 23.5 Å². The second-order valence-corrected chi connectivity index (χ2v) is 8.00. The Morgan fingerprint density at radius 2 is 2.16 bits per heavy atom. The maximum atomic E-state index is 12.7. The topological polar surface area (TPSA) is 63.4 Å². The Kier molecular flexibility index (Phi) is 5.08. The van der Waals surface area contributed by atoms with Crippen molar-refractivity contribution < 1.29 is 9.21 Å². The molecule has 0 unspecified atom stereocenters. The van der Waals surface area contributed by atoms with E-state index >= 15 is 0 Å². The van der Waals surface area contributed by atoms with Gasteiger partial charge >= 0.3 is 5.63 Å². The zero-order chi connectivity index (χ0) is 18.1. The fourth-order valence-corrected chi connectivity index (χ4v) is 3.78. The highest BCUT2D eigenvalue weighted by molar-refractivity contribution is 7.09. The number of aryl methyl sites for hydroxylation is 1. The number of amides is 1. The van der Waals surface area contributed by atoms with Crippen molar-refractivity contribution in [2.45, 2.75) is 58.4 Å². The van der Waals surface area contributed by atoms with Gasteiger partial charge in [-0.2, -0.15) is 0 Å². The van der Waals surface area contributed by atoms with Crippen LogP contribution in [0.4, 0.5) is 0 Å². The molecule has 2 heterocycles. The van der Waals surface area contributed by atoms with Gasteiger partial charge in [0.15, 0.2) is 0 Å². The van der Waals surface area contributed by atoms with E-state index in [1.54, 1.807) is 25.3 Å². The van der Waals surface area contributed by atoms with Crippen LogP contribution < -0.4 is 5.63 Å². The van der Waals surface area contributed by atoms with Gasteiger partial charge in [0.25, 0.3) is 5.91 Å². The van der Waals surface area contributed by atoms with Gasteiger partial charge in [-0.15, -0.1) is 11.3 Å². The molecule has 1 aliphatic carbocycles. The minimum absolute atomic E-state index is 0.130. The molecule has 1 fully saturated rings. The first kappa shape index (κ1) is 17.9. The molecule has 0 spiro atoms. The van der Waals surface area contributed by atoms with Crippen LogP contribution in [0.3, 0.4) is 0 Å². The number of thiazole rings is 1. The quantitative estimate of drug-likeness (QED) is 0.806. The summed E-state index contributed by atoms with van der Waals surface area (Å²) in [7, 11) is 1.69. The van der Waals surface area contributed by atoms with Crippen LogP contribution in [0.1, 0.15) is 77.3 Å². The van der Waals surface area contributed by atoms with Gasteiger partial charge in [-0.3, -0.25) is 4.79 Å². The molecule has 1 aliphatic rings. The summed E-state index contributed by atoms with van der Waals surface area (Å²) in [6, 6.07) is 1.85. The summed E-state index contributed by atoms with van der Waals surface area (Å²) in [6.45, 7) is 6.37. The van der Waals surface area contributed by atoms with Gasteiger partial charge in [0.2, 0.25) is 0 Å². The number of carbonyl (C=O) groups is 1. The molecule has 0 N–H and O–H groups in total. The Balaban J connectivity index is 1.78. The van der Waals surface area contributed by atoms with Gasteiger partial charge in [-0.1, -0.05) is 20.3 Å². The van der Waals surface area contributed by atoms with Crippen molar-refractivity contribution in [3.63, 3.8) is 0 Å². The van der Waals surface area contributed by atoms with Crippen molar-refractivity contribution in [3.05, 3.63) is 49.5 Å². The Labute approximate surface area is 151 Å². The van der Waals surface area contributed by atoms with Gasteiger partial charge in [-0.05, 0) is 31.4 Å². The first-order chi connectivity index (χ1) is 11.9. The Bertz CT molecular complexity index is 833. The Morgan fingerprint density at radius 1 is 1.44 bits per heavy atom. The molecule has 134 valence electrons. The molecule has 3 rings (SSSR count). The van der Waals surface area contributed by atoms with E-state index in [9.17, 15) is 9.59 Å². The zero-order valence-corrected chi connectivity index (χ0v) is 16.0. The summed E-state index contributed by atoms with van der Waals surface area (Å²) in [6.07, 6.45) is 3.28. The maximum absolute atomic E-state index is 12.7. The molecule has 25 heavy (non-hydrogen) atoms. The molecular weight excluding hydrogens is 336 g/mol. The SMILES string of the molecule is Cc1cc(C2CCC2)oc(=O)c1C(=O)N(C)Cc1csc(C(C)C)n1. The van der Waals surface area contributed by atoms with Crippen LogP contribution in [0.25, 0.3) is 0 Å². The first-order valence-electron chi connectivity index (χ1n) is 8.71. The third kappa shape index (κ3) is 3.68. The molecular formula is C19H24N2O3S. The first-order valence-corrected chi connectivity index (χ1v) is 9.59. The fraction of sp³-hybridized carbons (Fsp3) is 0.526. The molecule has 0 bridgehead atoms. The second kappa shape index (κ2) is 7.12. The van der Waals surface area contributed by atoms with Crippen molar-refractivity contribution in [1.29, 1.82) is 0 Å². The Hall–Kier alpha value is -1.95. The number of nitrogens with zero attached hydrogens (tertiary/aromatic N) is 2. The lowest BCUT2D eigenvalue weighted by atomic mass is 9.83. The van der Waals surface area contributed by atoms with Crippen LogP contribution in [-0.4, -0.2) is 22.8 Å². The summed E-state index contributed by atoms with van der Waals surface area (Å²) in [5.74, 6) is 1.10. The van der Waals surface area contributed by atoms with Crippen LogP contribution in [0.5, 0.6) is 0 Å². The highest BCUT2D eigenvalue weighted by atomic mass is 32.1. The number of rotatable bonds is 5. The van der Waals surface area contributed by atoms with E-state index < -0.39 is 5.63 Å². The van der Waals surface area contributed by atoms with E-state index in [2.05, 4.69) is 18.8 Å². The molecule has 6 heteroatoms. The van der Waals surface area contributed by atoms with E-state index in [1.165, 1.54) is 11.3 Å². The summed E-state index contributed by atoms with van der Waals surface area (Å²) < 4.78 is 5.43. The van der Waals surface area contributed by atoms with Crippen LogP contribution in [-0.2, 0) is 6.54 Å². The molecule has 0 aliphatic heterocycles. The summed E-state index contributed by atoms with van der Waals surface area (Å²) >= 11 is 1.60. The molecule has 0 saturated heterocycles. The number of carbonyl (C=O) groups excluding carboxylic acids is 1. The average molecular weight is 360 g/mol. The molecule has 5 nitrogen and oxygen atoms in total. The smallest absolute Gasteiger partial charge is 0.349 e. The molecule has 2 aromatic rings. The van der Waals surface area contributed by atoms with Gasteiger partial charge in [0, 0.05) is 24.3 Å². The zero-order valence-electron chi connectivity index (χ0n) is 15.2. The van der Waals surface area contributed by atoms with Crippen molar-refractivity contribution >= 4 is 17.2 Å². The predicted octanol–water partition coefficient (Wildman–Crippen LogP) is 4.07. The fourth-order valence-electron chi connectivity index (χ4n) is 2.95. The largest absolute Gasteiger partial charge is 0.427 e. The highest BCUT2D eigenvalue weighted by Gasteiger charge is 2.26. The van der Waals surface area contributed by atoms with Gasteiger partial charge in [0.05, 0.1) is 17.2 Å².